The van der Waals surface area contributed by atoms with Crippen LogP contribution in [-0.2, 0) is 12.8 Å². The molecule has 1 unspecified atom stereocenters. The Labute approximate surface area is 119 Å². The predicted molar refractivity (Wildman–Crippen MR) is 80.5 cm³/mol. The van der Waals surface area contributed by atoms with E-state index >= 15 is 0 Å². The molecule has 0 saturated carbocycles. The van der Waals surface area contributed by atoms with E-state index in [1.54, 1.807) is 11.3 Å². The van der Waals surface area contributed by atoms with Gasteiger partial charge in [0, 0.05) is 35.9 Å². The molecule has 0 bridgehead atoms. The van der Waals surface area contributed by atoms with E-state index in [4.69, 9.17) is 0 Å². The summed E-state index contributed by atoms with van der Waals surface area (Å²) in [5.41, 5.74) is 4.61. The number of thiazole rings is 1. The van der Waals surface area contributed by atoms with Gasteiger partial charge in [-0.1, -0.05) is 13.8 Å². The maximum absolute atomic E-state index is 4.24. The quantitative estimate of drug-likeness (QED) is 0.841. The Morgan fingerprint density at radius 3 is 2.84 bits per heavy atom. The zero-order chi connectivity index (χ0) is 13.5. The lowest BCUT2D eigenvalue weighted by Gasteiger charge is -2.20. The molecular weight excluding hydrogens is 254 g/mol. The fraction of sp³-hybridized carbons (Fsp3) is 0.467. The van der Waals surface area contributed by atoms with Crippen LogP contribution in [0.3, 0.4) is 0 Å². The minimum absolute atomic E-state index is 0.360. The SMILES string of the molecule is CCCNC(Cc1cncs1)c1ccncc1CC. The molecule has 0 radical (unpaired) electrons. The lowest BCUT2D eigenvalue weighted by molar-refractivity contribution is 0.528. The van der Waals surface area contributed by atoms with Crippen molar-refractivity contribution in [1.29, 1.82) is 0 Å². The van der Waals surface area contributed by atoms with Crippen LogP contribution in [0.5, 0.6) is 0 Å². The first kappa shape index (κ1) is 14.2. The molecule has 3 nitrogen and oxygen atoms in total. The van der Waals surface area contributed by atoms with Gasteiger partial charge in [0.2, 0.25) is 0 Å². The first-order valence-corrected chi connectivity index (χ1v) is 7.76. The molecular formula is C15H21N3S. The molecule has 0 amide bonds. The summed E-state index contributed by atoms with van der Waals surface area (Å²) >= 11 is 1.73. The highest BCUT2D eigenvalue weighted by Gasteiger charge is 2.15. The van der Waals surface area contributed by atoms with Gasteiger partial charge in [-0.2, -0.15) is 0 Å². The largest absolute Gasteiger partial charge is 0.310 e. The summed E-state index contributed by atoms with van der Waals surface area (Å²) in [5.74, 6) is 0. The summed E-state index contributed by atoms with van der Waals surface area (Å²) in [5, 5.41) is 3.65. The molecule has 0 aromatic carbocycles. The molecule has 4 heteroatoms. The topological polar surface area (TPSA) is 37.8 Å². The second-order valence-electron chi connectivity index (χ2n) is 4.61. The Bertz CT molecular complexity index is 482. The van der Waals surface area contributed by atoms with Gasteiger partial charge in [0.1, 0.15) is 0 Å². The van der Waals surface area contributed by atoms with Gasteiger partial charge in [-0.25, -0.2) is 0 Å². The Morgan fingerprint density at radius 2 is 2.16 bits per heavy atom. The summed E-state index contributed by atoms with van der Waals surface area (Å²) in [6, 6.07) is 2.51. The van der Waals surface area contributed by atoms with E-state index in [1.165, 1.54) is 16.0 Å². The highest BCUT2D eigenvalue weighted by Crippen LogP contribution is 2.23. The second-order valence-corrected chi connectivity index (χ2v) is 5.58. The fourth-order valence-electron chi connectivity index (χ4n) is 2.23. The molecule has 19 heavy (non-hydrogen) atoms. The van der Waals surface area contributed by atoms with Crippen LogP contribution in [0.4, 0.5) is 0 Å². The molecule has 0 aliphatic heterocycles. The van der Waals surface area contributed by atoms with Crippen LogP contribution in [0.1, 0.15) is 42.3 Å². The average molecular weight is 275 g/mol. The molecule has 1 atom stereocenters. The maximum Gasteiger partial charge on any atom is 0.0794 e. The number of aromatic nitrogens is 2. The second kappa shape index (κ2) is 7.36. The van der Waals surface area contributed by atoms with E-state index < -0.39 is 0 Å². The molecule has 1 N–H and O–H groups in total. The zero-order valence-corrected chi connectivity index (χ0v) is 12.4. The van der Waals surface area contributed by atoms with E-state index in [-0.39, 0.29) is 0 Å². The van der Waals surface area contributed by atoms with Gasteiger partial charge in [-0.15, -0.1) is 11.3 Å². The minimum atomic E-state index is 0.360. The molecule has 0 saturated heterocycles. The Kier molecular flexibility index (Phi) is 5.48. The summed E-state index contributed by atoms with van der Waals surface area (Å²) in [6.07, 6.45) is 9.02. The van der Waals surface area contributed by atoms with Gasteiger partial charge in [-0.05, 0) is 36.6 Å². The van der Waals surface area contributed by atoms with Crippen molar-refractivity contribution >= 4 is 11.3 Å². The number of nitrogens with zero attached hydrogens (tertiary/aromatic N) is 2. The maximum atomic E-state index is 4.24. The number of nitrogens with one attached hydrogen (secondary N) is 1. The number of pyridine rings is 1. The standard InChI is InChI=1S/C15H21N3S/c1-3-6-18-15(8-13-10-17-11-19-13)14-5-7-16-9-12(14)4-2/h5,7,9-11,15,18H,3-4,6,8H2,1-2H3. The van der Waals surface area contributed by atoms with Crippen LogP contribution in [0, 0.1) is 0 Å². The summed E-state index contributed by atoms with van der Waals surface area (Å²) in [4.78, 5) is 9.73. The van der Waals surface area contributed by atoms with Crippen molar-refractivity contribution in [2.24, 2.45) is 0 Å². The number of hydrogen-bond donors (Lipinski definition) is 1. The normalized spacial score (nSPS) is 12.5. The third-order valence-corrected chi connectivity index (χ3v) is 4.03. The third-order valence-electron chi connectivity index (χ3n) is 3.23. The van der Waals surface area contributed by atoms with Crippen molar-refractivity contribution < 1.29 is 0 Å². The van der Waals surface area contributed by atoms with E-state index in [0.29, 0.717) is 6.04 Å². The van der Waals surface area contributed by atoms with Gasteiger partial charge in [0.05, 0.1) is 5.51 Å². The first-order valence-electron chi connectivity index (χ1n) is 6.88. The predicted octanol–water partition coefficient (Wildman–Crippen LogP) is 3.38. The zero-order valence-electron chi connectivity index (χ0n) is 11.6. The third kappa shape index (κ3) is 3.85. The van der Waals surface area contributed by atoms with Crippen molar-refractivity contribution in [3.8, 4) is 0 Å². The van der Waals surface area contributed by atoms with Gasteiger partial charge in [-0.3, -0.25) is 9.97 Å². The van der Waals surface area contributed by atoms with Crippen molar-refractivity contribution in [2.45, 2.75) is 39.2 Å². The van der Waals surface area contributed by atoms with Gasteiger partial charge in [0.25, 0.3) is 0 Å². The van der Waals surface area contributed by atoms with Crippen LogP contribution in [0.2, 0.25) is 0 Å². The van der Waals surface area contributed by atoms with Crippen molar-refractivity contribution in [3.63, 3.8) is 0 Å². The van der Waals surface area contributed by atoms with Gasteiger partial charge in [0.15, 0.2) is 0 Å². The molecule has 2 heterocycles. The monoisotopic (exact) mass is 275 g/mol. The Balaban J connectivity index is 2.20. The molecule has 2 rings (SSSR count). The molecule has 102 valence electrons. The lowest BCUT2D eigenvalue weighted by atomic mass is 9.98. The summed E-state index contributed by atoms with van der Waals surface area (Å²) < 4.78 is 0. The van der Waals surface area contributed by atoms with Gasteiger partial charge >= 0.3 is 0 Å². The number of hydrogen-bond acceptors (Lipinski definition) is 4. The van der Waals surface area contributed by atoms with E-state index in [2.05, 4.69) is 35.2 Å². The number of aryl methyl sites for hydroxylation is 1. The van der Waals surface area contributed by atoms with Crippen LogP contribution in [-0.4, -0.2) is 16.5 Å². The van der Waals surface area contributed by atoms with Crippen LogP contribution >= 0.6 is 11.3 Å². The highest BCUT2D eigenvalue weighted by atomic mass is 32.1. The van der Waals surface area contributed by atoms with E-state index in [9.17, 15) is 0 Å². The fourth-order valence-corrected chi connectivity index (χ4v) is 2.87. The van der Waals surface area contributed by atoms with Crippen molar-refractivity contribution in [3.05, 3.63) is 46.2 Å². The molecule has 2 aromatic rings. The lowest BCUT2D eigenvalue weighted by Crippen LogP contribution is -2.25. The molecule has 0 aliphatic carbocycles. The highest BCUT2D eigenvalue weighted by molar-refractivity contribution is 7.09. The Morgan fingerprint density at radius 1 is 1.26 bits per heavy atom. The molecule has 2 aromatic heterocycles. The van der Waals surface area contributed by atoms with Crippen LogP contribution in [0.25, 0.3) is 0 Å². The van der Waals surface area contributed by atoms with E-state index in [1.807, 2.05) is 24.1 Å². The van der Waals surface area contributed by atoms with E-state index in [0.717, 1.165) is 25.8 Å². The van der Waals surface area contributed by atoms with Gasteiger partial charge < -0.3 is 5.32 Å². The van der Waals surface area contributed by atoms with Crippen LogP contribution in [0.15, 0.2) is 30.2 Å². The van der Waals surface area contributed by atoms with Crippen molar-refractivity contribution in [1.82, 2.24) is 15.3 Å². The van der Waals surface area contributed by atoms with Crippen LogP contribution < -0.4 is 5.32 Å². The summed E-state index contributed by atoms with van der Waals surface area (Å²) in [7, 11) is 0. The first-order chi connectivity index (χ1) is 9.35. The molecule has 0 spiro atoms. The smallest absolute Gasteiger partial charge is 0.0794 e. The summed E-state index contributed by atoms with van der Waals surface area (Å²) in [6.45, 7) is 5.42. The number of rotatable bonds is 7. The minimum Gasteiger partial charge on any atom is -0.310 e. The average Bonchev–Trinajstić information content (AvgIpc) is 2.96. The Hall–Kier alpha value is -1.26. The van der Waals surface area contributed by atoms with Crippen molar-refractivity contribution in [2.75, 3.05) is 6.54 Å². The molecule has 0 fully saturated rings. The molecule has 0 aliphatic rings.